The number of hydrogen-bond donors (Lipinski definition) is 0. The molecule has 5 nitrogen and oxygen atoms in total. The molecule has 29 heavy (non-hydrogen) atoms. The van der Waals surface area contributed by atoms with Crippen LogP contribution in [0.15, 0.2) is 48.7 Å². The van der Waals surface area contributed by atoms with E-state index in [-0.39, 0.29) is 12.1 Å². The van der Waals surface area contributed by atoms with Crippen molar-refractivity contribution in [2.75, 3.05) is 24.5 Å². The number of aromatic nitrogens is 1. The van der Waals surface area contributed by atoms with Crippen molar-refractivity contribution in [3.05, 3.63) is 59.8 Å². The van der Waals surface area contributed by atoms with E-state index in [1.54, 1.807) is 0 Å². The van der Waals surface area contributed by atoms with Gasteiger partial charge in [-0.3, -0.25) is 0 Å². The first-order chi connectivity index (χ1) is 14.3. The van der Waals surface area contributed by atoms with E-state index in [1.807, 2.05) is 41.4 Å². The van der Waals surface area contributed by atoms with Crippen LogP contribution in [0.25, 0.3) is 0 Å². The normalized spacial score (nSPS) is 20.2. The van der Waals surface area contributed by atoms with E-state index in [9.17, 15) is 4.79 Å². The summed E-state index contributed by atoms with van der Waals surface area (Å²) >= 11 is 0. The van der Waals surface area contributed by atoms with Gasteiger partial charge in [-0.15, -0.1) is 0 Å². The zero-order valence-electron chi connectivity index (χ0n) is 17.1. The van der Waals surface area contributed by atoms with Gasteiger partial charge < -0.3 is 14.5 Å². The number of ether oxygens (including phenoxy) is 1. The van der Waals surface area contributed by atoms with Gasteiger partial charge in [-0.05, 0) is 49.3 Å². The van der Waals surface area contributed by atoms with E-state index in [4.69, 9.17) is 9.72 Å². The Balaban J connectivity index is 1.41. The Morgan fingerprint density at radius 2 is 1.69 bits per heavy atom. The summed E-state index contributed by atoms with van der Waals surface area (Å²) in [4.78, 5) is 21.8. The van der Waals surface area contributed by atoms with Crippen molar-refractivity contribution < 1.29 is 9.53 Å². The molecule has 2 aliphatic rings. The van der Waals surface area contributed by atoms with Crippen LogP contribution in [-0.4, -0.2) is 35.6 Å². The number of amides is 1. The van der Waals surface area contributed by atoms with E-state index < -0.39 is 0 Å². The van der Waals surface area contributed by atoms with Crippen LogP contribution in [0.2, 0.25) is 0 Å². The van der Waals surface area contributed by atoms with Crippen LogP contribution in [0, 0.1) is 0 Å². The third kappa shape index (κ3) is 5.08. The predicted octanol–water partition coefficient (Wildman–Crippen LogP) is 5.33. The van der Waals surface area contributed by atoms with E-state index in [0.29, 0.717) is 6.61 Å². The van der Waals surface area contributed by atoms with E-state index >= 15 is 0 Å². The van der Waals surface area contributed by atoms with E-state index in [0.717, 1.165) is 55.8 Å². The maximum atomic E-state index is 12.8. The summed E-state index contributed by atoms with van der Waals surface area (Å²) in [5, 5.41) is 0. The first kappa shape index (κ1) is 19.7. The quantitative estimate of drug-likeness (QED) is 0.705. The SMILES string of the molecule is O=C(OCc1ccccc1)N1CCCCC1c1ccc(N2CCCCCC2)nc1. The minimum absolute atomic E-state index is 0.0534. The highest BCUT2D eigenvalue weighted by atomic mass is 16.6. The molecule has 0 aliphatic carbocycles. The lowest BCUT2D eigenvalue weighted by Crippen LogP contribution is -2.38. The second kappa shape index (κ2) is 9.77. The minimum atomic E-state index is -0.227. The minimum Gasteiger partial charge on any atom is -0.445 e. The van der Waals surface area contributed by atoms with Crippen molar-refractivity contribution >= 4 is 11.9 Å². The maximum absolute atomic E-state index is 12.8. The molecule has 2 aromatic rings. The van der Waals surface area contributed by atoms with Crippen molar-refractivity contribution in [1.29, 1.82) is 0 Å². The van der Waals surface area contributed by atoms with Crippen LogP contribution < -0.4 is 4.90 Å². The molecule has 5 heteroatoms. The van der Waals surface area contributed by atoms with Gasteiger partial charge in [0.25, 0.3) is 0 Å². The number of hydrogen-bond acceptors (Lipinski definition) is 4. The molecule has 2 aliphatic heterocycles. The second-order valence-corrected chi connectivity index (χ2v) is 8.10. The number of rotatable bonds is 4. The standard InChI is InChI=1S/C24H31N3O2/c28-24(29-19-20-10-4-3-5-11-20)27-17-9-6-12-22(27)21-13-14-23(25-18-21)26-15-7-1-2-8-16-26/h3-5,10-11,13-14,18,22H,1-2,6-9,12,15-17,19H2. The summed E-state index contributed by atoms with van der Waals surface area (Å²) in [6, 6.07) is 14.2. The van der Waals surface area contributed by atoms with Crippen LogP contribution in [0.4, 0.5) is 10.6 Å². The average molecular weight is 394 g/mol. The maximum Gasteiger partial charge on any atom is 0.410 e. The zero-order chi connectivity index (χ0) is 19.9. The number of nitrogens with zero attached hydrogens (tertiary/aromatic N) is 3. The Bertz CT molecular complexity index is 770. The second-order valence-electron chi connectivity index (χ2n) is 8.10. The Morgan fingerprint density at radius 1 is 0.931 bits per heavy atom. The summed E-state index contributed by atoms with van der Waals surface area (Å²) in [6.07, 6.45) is 9.97. The first-order valence-electron chi connectivity index (χ1n) is 11.0. The predicted molar refractivity (Wildman–Crippen MR) is 115 cm³/mol. The lowest BCUT2D eigenvalue weighted by atomic mass is 9.97. The molecule has 0 spiro atoms. The molecule has 2 saturated heterocycles. The zero-order valence-corrected chi connectivity index (χ0v) is 17.1. The Kier molecular flexibility index (Phi) is 6.65. The number of pyridine rings is 1. The van der Waals surface area contributed by atoms with Crippen molar-refractivity contribution in [1.82, 2.24) is 9.88 Å². The Labute approximate surface area is 173 Å². The Hall–Kier alpha value is -2.56. The summed E-state index contributed by atoms with van der Waals surface area (Å²) in [5.74, 6) is 1.06. The fraction of sp³-hybridized carbons (Fsp3) is 0.500. The van der Waals surface area contributed by atoms with Crippen LogP contribution in [0.1, 0.15) is 62.1 Å². The largest absolute Gasteiger partial charge is 0.445 e. The molecule has 0 bridgehead atoms. The van der Waals surface area contributed by atoms with Gasteiger partial charge in [-0.2, -0.15) is 0 Å². The highest BCUT2D eigenvalue weighted by Gasteiger charge is 2.29. The van der Waals surface area contributed by atoms with Gasteiger partial charge in [0.15, 0.2) is 0 Å². The van der Waals surface area contributed by atoms with Crippen LogP contribution in [-0.2, 0) is 11.3 Å². The molecule has 154 valence electrons. The Morgan fingerprint density at radius 3 is 2.41 bits per heavy atom. The van der Waals surface area contributed by atoms with Gasteiger partial charge >= 0.3 is 6.09 Å². The molecule has 2 fully saturated rings. The average Bonchev–Trinajstić information content (AvgIpc) is 3.08. The van der Waals surface area contributed by atoms with Crippen molar-refractivity contribution in [2.45, 2.75) is 57.6 Å². The molecule has 1 amide bonds. The molecule has 0 N–H and O–H groups in total. The molecule has 3 heterocycles. The summed E-state index contributed by atoms with van der Waals surface area (Å²) in [6.45, 7) is 3.24. The van der Waals surface area contributed by atoms with Crippen LogP contribution in [0.3, 0.4) is 0 Å². The van der Waals surface area contributed by atoms with Gasteiger partial charge in [0.1, 0.15) is 12.4 Å². The molecule has 1 aromatic heterocycles. The lowest BCUT2D eigenvalue weighted by Gasteiger charge is -2.35. The van der Waals surface area contributed by atoms with Gasteiger partial charge in [-0.25, -0.2) is 9.78 Å². The van der Waals surface area contributed by atoms with Gasteiger partial charge in [0, 0.05) is 25.8 Å². The number of benzene rings is 1. The van der Waals surface area contributed by atoms with Crippen LogP contribution >= 0.6 is 0 Å². The highest BCUT2D eigenvalue weighted by Crippen LogP contribution is 2.32. The highest BCUT2D eigenvalue weighted by molar-refractivity contribution is 5.68. The molecular formula is C24H31N3O2. The summed E-state index contributed by atoms with van der Waals surface area (Å²) in [7, 11) is 0. The van der Waals surface area contributed by atoms with Crippen LogP contribution in [0.5, 0.6) is 0 Å². The molecule has 1 atom stereocenters. The number of anilines is 1. The lowest BCUT2D eigenvalue weighted by molar-refractivity contribution is 0.0678. The summed E-state index contributed by atoms with van der Waals surface area (Å²) < 4.78 is 5.61. The molecule has 1 aromatic carbocycles. The number of piperidine rings is 1. The number of carbonyl (C=O) groups excluding carboxylic acids is 1. The fourth-order valence-corrected chi connectivity index (χ4v) is 4.38. The molecule has 0 saturated carbocycles. The van der Waals surface area contributed by atoms with Crippen molar-refractivity contribution in [2.24, 2.45) is 0 Å². The smallest absolute Gasteiger partial charge is 0.410 e. The third-order valence-corrected chi connectivity index (χ3v) is 6.03. The first-order valence-corrected chi connectivity index (χ1v) is 11.0. The van der Waals surface area contributed by atoms with E-state index in [1.165, 1.54) is 25.7 Å². The monoisotopic (exact) mass is 393 g/mol. The molecule has 4 rings (SSSR count). The third-order valence-electron chi connectivity index (χ3n) is 6.03. The molecule has 0 radical (unpaired) electrons. The van der Waals surface area contributed by atoms with Gasteiger partial charge in [0.05, 0.1) is 6.04 Å². The molecular weight excluding hydrogens is 362 g/mol. The topological polar surface area (TPSA) is 45.7 Å². The van der Waals surface area contributed by atoms with Crippen molar-refractivity contribution in [3.8, 4) is 0 Å². The summed E-state index contributed by atoms with van der Waals surface area (Å²) in [5.41, 5.74) is 2.12. The molecule has 1 unspecified atom stereocenters. The fourth-order valence-electron chi connectivity index (χ4n) is 4.38. The van der Waals surface area contributed by atoms with E-state index in [2.05, 4.69) is 17.0 Å². The van der Waals surface area contributed by atoms with Gasteiger partial charge in [0.2, 0.25) is 0 Å². The number of carbonyl (C=O) groups is 1. The van der Waals surface area contributed by atoms with Crippen molar-refractivity contribution in [3.63, 3.8) is 0 Å². The number of likely N-dealkylation sites (tertiary alicyclic amines) is 1. The van der Waals surface area contributed by atoms with Gasteiger partial charge in [-0.1, -0.05) is 49.2 Å².